The molecule has 2 heteroatoms. The summed E-state index contributed by atoms with van der Waals surface area (Å²) in [5.41, 5.74) is 3.16. The lowest BCUT2D eigenvalue weighted by molar-refractivity contribution is 1.18. The van der Waals surface area contributed by atoms with Crippen LogP contribution in [0.3, 0.4) is 0 Å². The van der Waals surface area contributed by atoms with Crippen molar-refractivity contribution in [3.63, 3.8) is 0 Å². The van der Waals surface area contributed by atoms with E-state index in [1.807, 2.05) is 0 Å². The highest BCUT2D eigenvalue weighted by Gasteiger charge is 2.20. The molecule has 0 bridgehead atoms. The molecule has 0 atom stereocenters. The standard InChI is InChI=1S/C17H30Si2/c1-18(2,3)14-17(15-19(4,5)6)13-12-16-10-8-7-9-11-16/h7-11,13H,12,14-15H2,1-6H3. The summed E-state index contributed by atoms with van der Waals surface area (Å²) < 4.78 is 0. The molecule has 106 valence electrons. The fourth-order valence-electron chi connectivity index (χ4n) is 2.45. The zero-order chi connectivity index (χ0) is 14.5. The van der Waals surface area contributed by atoms with E-state index >= 15 is 0 Å². The van der Waals surface area contributed by atoms with E-state index in [2.05, 4.69) is 75.7 Å². The van der Waals surface area contributed by atoms with Gasteiger partial charge in [0.15, 0.2) is 0 Å². The Hall–Kier alpha value is -0.606. The molecule has 0 amide bonds. The molecule has 0 saturated carbocycles. The molecular formula is C17H30Si2. The van der Waals surface area contributed by atoms with Gasteiger partial charge < -0.3 is 0 Å². The number of allylic oxidation sites excluding steroid dienone is 2. The fourth-order valence-corrected chi connectivity index (χ4v) is 5.96. The summed E-state index contributed by atoms with van der Waals surface area (Å²) in [5, 5.41) is 0. The summed E-state index contributed by atoms with van der Waals surface area (Å²) in [4.78, 5) is 0. The monoisotopic (exact) mass is 290 g/mol. The van der Waals surface area contributed by atoms with E-state index in [0.717, 1.165) is 6.42 Å². The molecule has 1 aromatic carbocycles. The molecule has 0 spiro atoms. The van der Waals surface area contributed by atoms with Gasteiger partial charge in [-0.15, -0.1) is 0 Å². The zero-order valence-electron chi connectivity index (χ0n) is 13.6. The van der Waals surface area contributed by atoms with Gasteiger partial charge in [0.25, 0.3) is 0 Å². The highest BCUT2D eigenvalue weighted by Crippen LogP contribution is 2.25. The van der Waals surface area contributed by atoms with Crippen LogP contribution in [0.2, 0.25) is 51.4 Å². The predicted molar refractivity (Wildman–Crippen MR) is 94.5 cm³/mol. The van der Waals surface area contributed by atoms with Crippen LogP contribution in [-0.2, 0) is 6.42 Å². The average molecular weight is 291 g/mol. The van der Waals surface area contributed by atoms with Crippen molar-refractivity contribution in [2.45, 2.75) is 57.8 Å². The van der Waals surface area contributed by atoms with E-state index in [1.54, 1.807) is 5.57 Å². The van der Waals surface area contributed by atoms with Crippen LogP contribution >= 0.6 is 0 Å². The first-order valence-electron chi connectivity index (χ1n) is 7.38. The van der Waals surface area contributed by atoms with E-state index in [4.69, 9.17) is 0 Å². The highest BCUT2D eigenvalue weighted by atomic mass is 28.3. The molecule has 0 unspecified atom stereocenters. The fraction of sp³-hybridized carbons (Fsp3) is 0.529. The van der Waals surface area contributed by atoms with Crippen molar-refractivity contribution >= 4 is 16.1 Å². The third-order valence-corrected chi connectivity index (χ3v) is 6.01. The first kappa shape index (κ1) is 16.4. The molecule has 1 rings (SSSR count). The molecule has 0 nitrogen and oxygen atoms in total. The molecule has 0 aliphatic heterocycles. The van der Waals surface area contributed by atoms with E-state index < -0.39 is 16.1 Å². The minimum absolute atomic E-state index is 1.00. The minimum atomic E-state index is -1.00. The maximum Gasteiger partial charge on any atom is 0.0483 e. The van der Waals surface area contributed by atoms with Crippen LogP contribution in [-0.4, -0.2) is 16.1 Å². The van der Waals surface area contributed by atoms with Crippen molar-refractivity contribution in [1.29, 1.82) is 0 Å². The van der Waals surface area contributed by atoms with Gasteiger partial charge >= 0.3 is 0 Å². The lowest BCUT2D eigenvalue weighted by Gasteiger charge is -2.24. The van der Waals surface area contributed by atoms with Gasteiger partial charge in [-0.2, -0.15) is 0 Å². The van der Waals surface area contributed by atoms with Crippen LogP contribution in [0.5, 0.6) is 0 Å². The Labute approximate surface area is 122 Å². The van der Waals surface area contributed by atoms with Crippen molar-refractivity contribution in [3.05, 3.63) is 47.5 Å². The van der Waals surface area contributed by atoms with Gasteiger partial charge in [0.2, 0.25) is 0 Å². The molecule has 0 heterocycles. The van der Waals surface area contributed by atoms with E-state index in [1.165, 1.54) is 17.7 Å². The lowest BCUT2D eigenvalue weighted by atomic mass is 10.1. The third-order valence-electron chi connectivity index (χ3n) is 2.98. The van der Waals surface area contributed by atoms with Gasteiger partial charge in [-0.05, 0) is 24.1 Å². The molecule has 19 heavy (non-hydrogen) atoms. The van der Waals surface area contributed by atoms with Gasteiger partial charge in [0, 0.05) is 16.1 Å². The average Bonchev–Trinajstić information content (AvgIpc) is 2.23. The predicted octanol–water partition coefficient (Wildman–Crippen LogP) is 5.83. The van der Waals surface area contributed by atoms with Crippen LogP contribution < -0.4 is 0 Å². The minimum Gasteiger partial charge on any atom is -0.0815 e. The van der Waals surface area contributed by atoms with Crippen LogP contribution in [0, 0.1) is 0 Å². The summed E-state index contributed by atoms with van der Waals surface area (Å²) in [6, 6.07) is 13.6. The SMILES string of the molecule is C[Si](C)(C)CC(=CCc1ccccc1)C[Si](C)(C)C. The Kier molecular flexibility index (Phi) is 5.81. The Morgan fingerprint density at radius 1 is 0.842 bits per heavy atom. The second-order valence-electron chi connectivity index (χ2n) is 8.03. The Balaban J connectivity index is 2.78. The maximum atomic E-state index is 2.52. The van der Waals surface area contributed by atoms with Crippen LogP contribution in [0.4, 0.5) is 0 Å². The summed E-state index contributed by atoms with van der Waals surface area (Å²) in [6.45, 7) is 14.9. The highest BCUT2D eigenvalue weighted by molar-refractivity contribution is 6.78. The Bertz CT molecular complexity index is 387. The largest absolute Gasteiger partial charge is 0.0815 e. The first-order valence-corrected chi connectivity index (χ1v) is 14.8. The molecular weight excluding hydrogens is 260 g/mol. The first-order chi connectivity index (χ1) is 8.66. The molecule has 0 aliphatic rings. The number of hydrogen-bond acceptors (Lipinski definition) is 0. The molecule has 0 radical (unpaired) electrons. The van der Waals surface area contributed by atoms with Crippen molar-refractivity contribution < 1.29 is 0 Å². The maximum absolute atomic E-state index is 2.52. The quantitative estimate of drug-likeness (QED) is 0.456. The van der Waals surface area contributed by atoms with Crippen LogP contribution in [0.25, 0.3) is 0 Å². The van der Waals surface area contributed by atoms with Gasteiger partial charge in [-0.1, -0.05) is 81.3 Å². The van der Waals surface area contributed by atoms with E-state index in [0.29, 0.717) is 0 Å². The molecule has 0 aliphatic carbocycles. The molecule has 0 N–H and O–H groups in total. The van der Waals surface area contributed by atoms with Crippen LogP contribution in [0.1, 0.15) is 5.56 Å². The molecule has 0 fully saturated rings. The lowest BCUT2D eigenvalue weighted by Crippen LogP contribution is -2.25. The normalized spacial score (nSPS) is 12.3. The van der Waals surface area contributed by atoms with Gasteiger partial charge in [0.05, 0.1) is 0 Å². The number of benzene rings is 1. The van der Waals surface area contributed by atoms with Crippen LogP contribution in [0.15, 0.2) is 42.0 Å². The second-order valence-corrected chi connectivity index (χ2v) is 19.0. The van der Waals surface area contributed by atoms with Crippen molar-refractivity contribution in [1.82, 2.24) is 0 Å². The Morgan fingerprint density at radius 2 is 1.32 bits per heavy atom. The number of rotatable bonds is 6. The summed E-state index contributed by atoms with van der Waals surface area (Å²) in [6.07, 6.45) is 3.62. The van der Waals surface area contributed by atoms with Crippen molar-refractivity contribution in [2.24, 2.45) is 0 Å². The van der Waals surface area contributed by atoms with Gasteiger partial charge in [0.1, 0.15) is 0 Å². The van der Waals surface area contributed by atoms with Crippen molar-refractivity contribution in [3.8, 4) is 0 Å². The number of hydrogen-bond donors (Lipinski definition) is 0. The zero-order valence-corrected chi connectivity index (χ0v) is 15.6. The smallest absolute Gasteiger partial charge is 0.0483 e. The molecule has 0 saturated heterocycles. The van der Waals surface area contributed by atoms with Crippen molar-refractivity contribution in [2.75, 3.05) is 0 Å². The van der Waals surface area contributed by atoms with E-state index in [-0.39, 0.29) is 0 Å². The summed E-state index contributed by atoms with van der Waals surface area (Å²) >= 11 is 0. The van der Waals surface area contributed by atoms with Gasteiger partial charge in [-0.3, -0.25) is 0 Å². The van der Waals surface area contributed by atoms with Gasteiger partial charge in [-0.25, -0.2) is 0 Å². The van der Waals surface area contributed by atoms with E-state index in [9.17, 15) is 0 Å². The third kappa shape index (κ3) is 8.22. The second kappa shape index (κ2) is 6.71. The molecule has 1 aromatic rings. The Morgan fingerprint density at radius 3 is 1.74 bits per heavy atom. The topological polar surface area (TPSA) is 0 Å². The summed E-state index contributed by atoms with van der Waals surface area (Å²) in [5.74, 6) is 0. The molecule has 0 aromatic heterocycles. The summed E-state index contributed by atoms with van der Waals surface area (Å²) in [7, 11) is -2.01.